The van der Waals surface area contributed by atoms with Crippen molar-refractivity contribution < 1.29 is 14.9 Å². The molecule has 1 aromatic rings. The summed E-state index contributed by atoms with van der Waals surface area (Å²) in [6, 6.07) is 6.26. The van der Waals surface area contributed by atoms with E-state index in [9.17, 15) is 10.2 Å². The molecule has 0 amide bonds. The van der Waals surface area contributed by atoms with Gasteiger partial charge in [0.1, 0.15) is 5.75 Å². The van der Waals surface area contributed by atoms with E-state index in [0.29, 0.717) is 18.8 Å². The van der Waals surface area contributed by atoms with Crippen molar-refractivity contribution in [3.63, 3.8) is 0 Å². The molecular formula is C18H30O3. The van der Waals surface area contributed by atoms with Gasteiger partial charge in [0.2, 0.25) is 0 Å². The summed E-state index contributed by atoms with van der Waals surface area (Å²) >= 11 is 0. The maximum atomic E-state index is 9.85. The first-order valence-corrected chi connectivity index (χ1v) is 8.11. The van der Waals surface area contributed by atoms with Crippen LogP contribution in [0.15, 0.2) is 18.2 Å². The van der Waals surface area contributed by atoms with Gasteiger partial charge in [0.25, 0.3) is 0 Å². The van der Waals surface area contributed by atoms with Crippen LogP contribution in [0.2, 0.25) is 0 Å². The third-order valence-electron chi connectivity index (χ3n) is 3.75. The predicted octanol–water partition coefficient (Wildman–Crippen LogP) is 3.66. The number of aliphatic hydroxyl groups is 2. The molecule has 2 N–H and O–H groups in total. The van der Waals surface area contributed by atoms with Crippen LogP contribution in [0.1, 0.15) is 64.0 Å². The summed E-state index contributed by atoms with van der Waals surface area (Å²) in [6.45, 7) is 9.04. The third kappa shape index (κ3) is 5.68. The first kappa shape index (κ1) is 18.0. The number of rotatable bonds is 9. The van der Waals surface area contributed by atoms with Crippen LogP contribution in [0.3, 0.4) is 0 Å². The highest BCUT2D eigenvalue weighted by molar-refractivity contribution is 5.39. The summed E-state index contributed by atoms with van der Waals surface area (Å²) in [5, 5.41) is 19.5. The van der Waals surface area contributed by atoms with Gasteiger partial charge in [-0.15, -0.1) is 0 Å². The van der Waals surface area contributed by atoms with Crippen molar-refractivity contribution in [2.45, 2.75) is 71.5 Å². The van der Waals surface area contributed by atoms with Crippen LogP contribution in [0.4, 0.5) is 0 Å². The van der Waals surface area contributed by atoms with Crippen molar-refractivity contribution in [1.29, 1.82) is 0 Å². The minimum atomic E-state index is -0.645. The Morgan fingerprint density at radius 2 is 1.81 bits per heavy atom. The lowest BCUT2D eigenvalue weighted by molar-refractivity contribution is 0.0130. The Bertz CT molecular complexity index is 415. The molecule has 3 nitrogen and oxygen atoms in total. The van der Waals surface area contributed by atoms with Gasteiger partial charge in [0, 0.05) is 0 Å². The molecular weight excluding hydrogens is 264 g/mol. The number of benzene rings is 1. The highest BCUT2D eigenvalue weighted by atomic mass is 16.5. The Kier molecular flexibility index (Phi) is 7.76. The lowest BCUT2D eigenvalue weighted by Gasteiger charge is -2.18. The molecule has 0 aliphatic rings. The Labute approximate surface area is 129 Å². The Balaban J connectivity index is 2.74. The molecule has 120 valence electrons. The summed E-state index contributed by atoms with van der Waals surface area (Å²) in [4.78, 5) is 0. The van der Waals surface area contributed by atoms with Gasteiger partial charge in [-0.2, -0.15) is 0 Å². The van der Waals surface area contributed by atoms with Gasteiger partial charge in [-0.05, 0) is 48.8 Å². The number of hydrogen-bond donors (Lipinski definition) is 2. The second-order valence-electron chi connectivity index (χ2n) is 5.96. The number of aryl methyl sites for hydroxylation is 1. The van der Waals surface area contributed by atoms with Gasteiger partial charge in [-0.1, -0.05) is 39.8 Å². The molecule has 1 rings (SSSR count). The summed E-state index contributed by atoms with van der Waals surface area (Å²) < 4.78 is 5.79. The lowest BCUT2D eigenvalue weighted by Crippen LogP contribution is -2.25. The average Bonchev–Trinajstić information content (AvgIpc) is 2.49. The lowest BCUT2D eigenvalue weighted by atomic mass is 9.96. The van der Waals surface area contributed by atoms with Crippen molar-refractivity contribution in [1.82, 2.24) is 0 Å². The van der Waals surface area contributed by atoms with E-state index in [-0.39, 0.29) is 0 Å². The van der Waals surface area contributed by atoms with Crippen molar-refractivity contribution in [2.24, 2.45) is 0 Å². The van der Waals surface area contributed by atoms with Crippen LogP contribution in [-0.4, -0.2) is 29.0 Å². The number of ether oxygens (including phenoxy) is 1. The first-order chi connectivity index (χ1) is 9.99. The molecule has 0 radical (unpaired) electrons. The molecule has 0 aromatic heterocycles. The van der Waals surface area contributed by atoms with Crippen LogP contribution in [0, 0.1) is 0 Å². The summed E-state index contributed by atoms with van der Waals surface area (Å²) in [6.07, 6.45) is 1.67. The van der Waals surface area contributed by atoms with Crippen molar-refractivity contribution in [2.75, 3.05) is 6.61 Å². The van der Waals surface area contributed by atoms with Crippen molar-refractivity contribution in [3.8, 4) is 5.75 Å². The summed E-state index contributed by atoms with van der Waals surface area (Å²) in [5.74, 6) is 1.37. The van der Waals surface area contributed by atoms with Gasteiger partial charge in [0.15, 0.2) is 0 Å². The molecule has 3 heteroatoms. The molecule has 0 fully saturated rings. The van der Waals surface area contributed by atoms with E-state index in [1.54, 1.807) is 0 Å². The van der Waals surface area contributed by atoms with Gasteiger partial charge in [0.05, 0.1) is 18.8 Å². The standard InChI is InChI=1S/C18H30O3/c1-5-11-21-18-10-8-14(12-15(18)13(3)4)7-9-17(20)16(19)6-2/h8,10,12-13,16-17,19-20H,5-7,9,11H2,1-4H3. The Hall–Kier alpha value is -1.06. The van der Waals surface area contributed by atoms with Crippen LogP contribution >= 0.6 is 0 Å². The molecule has 0 saturated carbocycles. The average molecular weight is 294 g/mol. The molecule has 1 aromatic carbocycles. The zero-order valence-corrected chi connectivity index (χ0v) is 13.8. The predicted molar refractivity (Wildman–Crippen MR) is 86.9 cm³/mol. The van der Waals surface area contributed by atoms with Gasteiger partial charge < -0.3 is 14.9 Å². The van der Waals surface area contributed by atoms with E-state index < -0.39 is 12.2 Å². The normalized spacial score (nSPS) is 14.2. The zero-order chi connectivity index (χ0) is 15.8. The smallest absolute Gasteiger partial charge is 0.122 e. The summed E-state index contributed by atoms with van der Waals surface area (Å²) in [5.41, 5.74) is 2.40. The minimum absolute atomic E-state index is 0.406. The third-order valence-corrected chi connectivity index (χ3v) is 3.75. The highest BCUT2D eigenvalue weighted by Gasteiger charge is 2.15. The Morgan fingerprint density at radius 1 is 1.10 bits per heavy atom. The van der Waals surface area contributed by atoms with Crippen LogP contribution < -0.4 is 4.74 Å². The van der Waals surface area contributed by atoms with Crippen molar-refractivity contribution >= 4 is 0 Å². The monoisotopic (exact) mass is 294 g/mol. The maximum absolute atomic E-state index is 9.85. The quantitative estimate of drug-likeness (QED) is 0.730. The van der Waals surface area contributed by atoms with E-state index in [1.807, 2.05) is 13.0 Å². The van der Waals surface area contributed by atoms with E-state index in [4.69, 9.17) is 4.74 Å². The van der Waals surface area contributed by atoms with Gasteiger partial charge in [-0.25, -0.2) is 0 Å². The SMILES string of the molecule is CCCOc1ccc(CCC(O)C(O)CC)cc1C(C)C. The second-order valence-corrected chi connectivity index (χ2v) is 5.96. The van der Waals surface area contributed by atoms with E-state index in [0.717, 1.165) is 25.2 Å². The second kappa shape index (κ2) is 9.06. The molecule has 2 atom stereocenters. The molecule has 0 heterocycles. The molecule has 0 aliphatic carbocycles. The minimum Gasteiger partial charge on any atom is -0.493 e. The molecule has 0 aliphatic heterocycles. The first-order valence-electron chi connectivity index (χ1n) is 8.11. The van der Waals surface area contributed by atoms with Crippen LogP contribution in [0.5, 0.6) is 5.75 Å². The molecule has 0 saturated heterocycles. The topological polar surface area (TPSA) is 49.7 Å². The molecule has 0 bridgehead atoms. The number of hydrogen-bond acceptors (Lipinski definition) is 3. The maximum Gasteiger partial charge on any atom is 0.122 e. The van der Waals surface area contributed by atoms with Crippen LogP contribution in [0.25, 0.3) is 0 Å². The molecule has 0 spiro atoms. The molecule has 21 heavy (non-hydrogen) atoms. The largest absolute Gasteiger partial charge is 0.493 e. The van der Waals surface area contributed by atoms with Gasteiger partial charge >= 0.3 is 0 Å². The zero-order valence-electron chi connectivity index (χ0n) is 13.8. The summed E-state index contributed by atoms with van der Waals surface area (Å²) in [7, 11) is 0. The molecule has 2 unspecified atom stereocenters. The van der Waals surface area contributed by atoms with E-state index >= 15 is 0 Å². The fourth-order valence-corrected chi connectivity index (χ4v) is 2.33. The van der Waals surface area contributed by atoms with Crippen molar-refractivity contribution in [3.05, 3.63) is 29.3 Å². The van der Waals surface area contributed by atoms with Crippen LogP contribution in [-0.2, 0) is 6.42 Å². The fraction of sp³-hybridized carbons (Fsp3) is 0.667. The van der Waals surface area contributed by atoms with E-state index in [1.165, 1.54) is 11.1 Å². The fourth-order valence-electron chi connectivity index (χ4n) is 2.33. The highest BCUT2D eigenvalue weighted by Crippen LogP contribution is 2.28. The van der Waals surface area contributed by atoms with Gasteiger partial charge in [-0.3, -0.25) is 0 Å². The Morgan fingerprint density at radius 3 is 2.38 bits per heavy atom. The van der Waals surface area contributed by atoms with E-state index in [2.05, 4.69) is 32.9 Å². The number of aliphatic hydroxyl groups excluding tert-OH is 2.